The van der Waals surface area contributed by atoms with E-state index in [0.29, 0.717) is 0 Å². The van der Waals surface area contributed by atoms with Crippen LogP contribution in [0.5, 0.6) is 5.75 Å². The first-order valence-electron chi connectivity index (χ1n) is 12.1. The van der Waals surface area contributed by atoms with Crippen LogP contribution in [0.3, 0.4) is 0 Å². The van der Waals surface area contributed by atoms with Gasteiger partial charge in [-0.15, -0.1) is 0 Å². The first-order valence-corrected chi connectivity index (χ1v) is 12.1. The lowest BCUT2D eigenvalue weighted by atomic mass is 9.99. The Kier molecular flexibility index (Phi) is 6.68. The van der Waals surface area contributed by atoms with Crippen molar-refractivity contribution in [2.75, 3.05) is 18.0 Å². The highest BCUT2D eigenvalue weighted by Crippen LogP contribution is 2.38. The molecule has 1 heterocycles. The standard InChI is InChI=1S/C30H30N2O3/c1-21(26-10-6-8-23-7-2-3-9-27(23)26)31-18-17-25-20-32(28-11-4-5-12-29(28)35-25)24-15-13-22(14-16-24)19-30(33)34/h2-16,21,25,31H,17-20H2,1H3,(H,33,34). The quantitative estimate of drug-likeness (QED) is 0.328. The molecule has 0 bridgehead atoms. The van der Waals surface area contributed by atoms with Gasteiger partial charge in [0, 0.05) is 11.7 Å². The third-order valence-corrected chi connectivity index (χ3v) is 6.65. The average molecular weight is 467 g/mol. The summed E-state index contributed by atoms with van der Waals surface area (Å²) in [7, 11) is 0. The molecule has 0 spiro atoms. The highest BCUT2D eigenvalue weighted by molar-refractivity contribution is 5.86. The van der Waals surface area contributed by atoms with Crippen LogP contribution in [0.1, 0.15) is 30.5 Å². The maximum atomic E-state index is 11.0. The van der Waals surface area contributed by atoms with Crippen LogP contribution in [0.2, 0.25) is 0 Å². The normalized spacial score (nSPS) is 15.9. The number of carboxylic acids is 1. The Balaban J connectivity index is 1.27. The topological polar surface area (TPSA) is 61.8 Å². The fraction of sp³-hybridized carbons (Fsp3) is 0.233. The van der Waals surface area contributed by atoms with E-state index in [9.17, 15) is 4.79 Å². The minimum absolute atomic E-state index is 0.0309. The molecule has 0 saturated carbocycles. The lowest BCUT2D eigenvalue weighted by Crippen LogP contribution is -2.39. The van der Waals surface area contributed by atoms with Crippen molar-refractivity contribution < 1.29 is 14.6 Å². The molecule has 0 aliphatic carbocycles. The summed E-state index contributed by atoms with van der Waals surface area (Å²) >= 11 is 0. The molecule has 178 valence electrons. The number of para-hydroxylation sites is 2. The van der Waals surface area contributed by atoms with Crippen LogP contribution in [0.25, 0.3) is 10.8 Å². The number of benzene rings is 4. The van der Waals surface area contributed by atoms with Crippen molar-refractivity contribution in [1.29, 1.82) is 0 Å². The van der Waals surface area contributed by atoms with Gasteiger partial charge in [-0.25, -0.2) is 0 Å². The first kappa shape index (κ1) is 22.9. The van der Waals surface area contributed by atoms with Gasteiger partial charge in [-0.2, -0.15) is 0 Å². The van der Waals surface area contributed by atoms with E-state index in [1.54, 1.807) is 0 Å². The molecule has 2 atom stereocenters. The predicted molar refractivity (Wildman–Crippen MR) is 141 cm³/mol. The number of hydrogen-bond donors (Lipinski definition) is 2. The summed E-state index contributed by atoms with van der Waals surface area (Å²) in [6.45, 7) is 3.78. The number of rotatable bonds is 8. The van der Waals surface area contributed by atoms with Gasteiger partial charge < -0.3 is 20.1 Å². The predicted octanol–water partition coefficient (Wildman–Crippen LogP) is 6.11. The summed E-state index contributed by atoms with van der Waals surface area (Å²) in [6.07, 6.45) is 0.941. The van der Waals surface area contributed by atoms with Crippen LogP contribution in [0.15, 0.2) is 91.0 Å². The van der Waals surface area contributed by atoms with E-state index in [1.165, 1.54) is 16.3 Å². The van der Waals surface area contributed by atoms with E-state index in [1.807, 2.05) is 42.5 Å². The third-order valence-electron chi connectivity index (χ3n) is 6.65. The van der Waals surface area contributed by atoms with Crippen LogP contribution in [0.4, 0.5) is 11.4 Å². The monoisotopic (exact) mass is 466 g/mol. The van der Waals surface area contributed by atoms with Crippen molar-refractivity contribution in [1.82, 2.24) is 5.32 Å². The zero-order valence-electron chi connectivity index (χ0n) is 19.9. The van der Waals surface area contributed by atoms with E-state index >= 15 is 0 Å². The number of carboxylic acid groups (broad SMARTS) is 1. The van der Waals surface area contributed by atoms with Crippen LogP contribution in [-0.4, -0.2) is 30.3 Å². The Morgan fingerprint density at radius 1 is 1.00 bits per heavy atom. The Bertz CT molecular complexity index is 1310. The lowest BCUT2D eigenvalue weighted by Gasteiger charge is -2.36. The summed E-state index contributed by atoms with van der Waals surface area (Å²) in [5.41, 5.74) is 4.18. The largest absolute Gasteiger partial charge is 0.486 e. The van der Waals surface area contributed by atoms with Gasteiger partial charge in [-0.05, 0) is 66.1 Å². The first-order chi connectivity index (χ1) is 17.1. The molecule has 5 heteroatoms. The zero-order chi connectivity index (χ0) is 24.2. The molecule has 0 aromatic heterocycles. The molecule has 0 radical (unpaired) electrons. The molecule has 5 rings (SSSR count). The van der Waals surface area contributed by atoms with Gasteiger partial charge in [-0.3, -0.25) is 4.79 Å². The van der Waals surface area contributed by atoms with Gasteiger partial charge >= 0.3 is 5.97 Å². The Morgan fingerprint density at radius 3 is 2.57 bits per heavy atom. The minimum atomic E-state index is -0.820. The van der Waals surface area contributed by atoms with E-state index in [0.717, 1.165) is 42.2 Å². The van der Waals surface area contributed by atoms with Crippen molar-refractivity contribution >= 4 is 28.1 Å². The van der Waals surface area contributed by atoms with Crippen LogP contribution in [-0.2, 0) is 11.2 Å². The molecule has 1 aliphatic heterocycles. The minimum Gasteiger partial charge on any atom is -0.486 e. The van der Waals surface area contributed by atoms with Gasteiger partial charge in [0.1, 0.15) is 11.9 Å². The molecule has 0 amide bonds. The molecule has 5 nitrogen and oxygen atoms in total. The fourth-order valence-corrected chi connectivity index (χ4v) is 4.86. The maximum absolute atomic E-state index is 11.0. The fourth-order valence-electron chi connectivity index (χ4n) is 4.86. The van der Waals surface area contributed by atoms with E-state index in [-0.39, 0.29) is 18.6 Å². The number of hydrogen-bond acceptors (Lipinski definition) is 4. The molecule has 35 heavy (non-hydrogen) atoms. The number of nitrogens with one attached hydrogen (secondary N) is 1. The zero-order valence-corrected chi connectivity index (χ0v) is 19.9. The summed E-state index contributed by atoms with van der Waals surface area (Å²) < 4.78 is 6.36. The van der Waals surface area contributed by atoms with Crippen molar-refractivity contribution in [2.45, 2.75) is 31.9 Å². The number of aliphatic carboxylic acids is 1. The Labute approximate surface area is 206 Å². The van der Waals surface area contributed by atoms with Crippen molar-refractivity contribution in [3.63, 3.8) is 0 Å². The van der Waals surface area contributed by atoms with E-state index < -0.39 is 5.97 Å². The van der Waals surface area contributed by atoms with E-state index in [2.05, 4.69) is 65.7 Å². The molecular formula is C30H30N2O3. The van der Waals surface area contributed by atoms with Crippen LogP contribution < -0.4 is 15.0 Å². The second-order valence-corrected chi connectivity index (χ2v) is 9.09. The van der Waals surface area contributed by atoms with Crippen molar-refractivity contribution in [3.05, 3.63) is 102 Å². The Hall–Kier alpha value is -3.83. The summed E-state index contributed by atoms with van der Waals surface area (Å²) in [5.74, 6) is 0.0558. The second-order valence-electron chi connectivity index (χ2n) is 9.09. The van der Waals surface area contributed by atoms with E-state index in [4.69, 9.17) is 9.84 Å². The number of carbonyl (C=O) groups is 1. The summed E-state index contributed by atoms with van der Waals surface area (Å²) in [5, 5.41) is 15.3. The van der Waals surface area contributed by atoms with Crippen molar-refractivity contribution in [3.8, 4) is 5.75 Å². The molecule has 4 aromatic carbocycles. The molecule has 4 aromatic rings. The van der Waals surface area contributed by atoms with Gasteiger partial charge in [0.2, 0.25) is 0 Å². The van der Waals surface area contributed by atoms with Crippen LogP contribution >= 0.6 is 0 Å². The SMILES string of the molecule is CC(NCCC1CN(c2ccc(CC(=O)O)cc2)c2ccccc2O1)c1cccc2ccccc12. The smallest absolute Gasteiger partial charge is 0.307 e. The second kappa shape index (κ2) is 10.2. The van der Waals surface area contributed by atoms with Gasteiger partial charge in [0.25, 0.3) is 0 Å². The van der Waals surface area contributed by atoms with Crippen LogP contribution in [0, 0.1) is 0 Å². The lowest BCUT2D eigenvalue weighted by molar-refractivity contribution is -0.136. The molecule has 2 N–H and O–H groups in total. The molecule has 1 aliphatic rings. The maximum Gasteiger partial charge on any atom is 0.307 e. The molecule has 2 unspecified atom stereocenters. The summed E-state index contributed by atoms with van der Waals surface area (Å²) in [6, 6.07) is 31.1. The van der Waals surface area contributed by atoms with Gasteiger partial charge in [0.15, 0.2) is 0 Å². The highest BCUT2D eigenvalue weighted by atomic mass is 16.5. The number of ether oxygens (including phenoxy) is 1. The number of anilines is 2. The average Bonchev–Trinajstić information content (AvgIpc) is 2.88. The molecule has 0 saturated heterocycles. The number of fused-ring (bicyclic) bond motifs is 2. The van der Waals surface area contributed by atoms with Gasteiger partial charge in [-0.1, -0.05) is 66.7 Å². The Morgan fingerprint density at radius 2 is 1.74 bits per heavy atom. The molecule has 0 fully saturated rings. The number of nitrogens with zero attached hydrogens (tertiary/aromatic N) is 1. The third kappa shape index (κ3) is 5.15. The van der Waals surface area contributed by atoms with Gasteiger partial charge in [0.05, 0.1) is 18.7 Å². The van der Waals surface area contributed by atoms with Crippen molar-refractivity contribution in [2.24, 2.45) is 0 Å². The summed E-state index contributed by atoms with van der Waals surface area (Å²) in [4.78, 5) is 13.3. The highest BCUT2D eigenvalue weighted by Gasteiger charge is 2.26. The molecular weight excluding hydrogens is 436 g/mol.